The van der Waals surface area contributed by atoms with E-state index in [0.29, 0.717) is 5.02 Å². The van der Waals surface area contributed by atoms with Crippen LogP contribution in [0, 0.1) is 5.82 Å². The molecule has 1 fully saturated rings. The number of hydrogen-bond acceptors (Lipinski definition) is 3. The number of anilines is 1. The van der Waals surface area contributed by atoms with Gasteiger partial charge < -0.3 is 15.0 Å². The molecule has 1 unspecified atom stereocenters. The molecule has 1 aliphatic rings. The van der Waals surface area contributed by atoms with Gasteiger partial charge in [-0.1, -0.05) is 17.7 Å². The van der Waals surface area contributed by atoms with Gasteiger partial charge in [-0.15, -0.1) is 11.3 Å². The van der Waals surface area contributed by atoms with Gasteiger partial charge in [0.2, 0.25) is 0 Å². The average Bonchev–Trinajstić information content (AvgIpc) is 3.24. The lowest BCUT2D eigenvalue weighted by Gasteiger charge is -2.21. The zero-order valence-electron chi connectivity index (χ0n) is 13.8. The molecule has 0 spiro atoms. The molecule has 2 heterocycles. The maximum absolute atomic E-state index is 13.9. The molecule has 1 amide bonds. The van der Waals surface area contributed by atoms with Crippen molar-refractivity contribution in [2.24, 2.45) is 0 Å². The summed E-state index contributed by atoms with van der Waals surface area (Å²) < 4.78 is 19.6. The quantitative estimate of drug-likeness (QED) is 0.772. The van der Waals surface area contributed by atoms with Crippen LogP contribution in [0.3, 0.4) is 0 Å². The third kappa shape index (κ3) is 5.51. The lowest BCUT2D eigenvalue weighted by molar-refractivity contribution is -0.908. The predicted molar refractivity (Wildman–Crippen MR) is 97.7 cm³/mol. The summed E-state index contributed by atoms with van der Waals surface area (Å²) in [5.41, 5.74) is 0.155. The Morgan fingerprint density at radius 1 is 1.44 bits per heavy atom. The maximum atomic E-state index is 13.9. The van der Waals surface area contributed by atoms with Crippen LogP contribution in [0.5, 0.6) is 0 Å². The number of amides is 1. The van der Waals surface area contributed by atoms with Crippen molar-refractivity contribution >= 4 is 34.5 Å². The van der Waals surface area contributed by atoms with Gasteiger partial charge in [0.1, 0.15) is 25.0 Å². The van der Waals surface area contributed by atoms with E-state index < -0.39 is 5.82 Å². The number of halogens is 2. The average molecular weight is 384 g/mol. The summed E-state index contributed by atoms with van der Waals surface area (Å²) >= 11 is 7.42. The highest BCUT2D eigenvalue weighted by atomic mass is 35.5. The lowest BCUT2D eigenvalue weighted by Crippen LogP contribution is -3.12. The van der Waals surface area contributed by atoms with Gasteiger partial charge in [0, 0.05) is 11.6 Å². The van der Waals surface area contributed by atoms with Gasteiger partial charge >= 0.3 is 0 Å². The first-order valence-electron chi connectivity index (χ1n) is 8.32. The third-order valence-corrected chi connectivity index (χ3v) is 5.27. The second-order valence-electron chi connectivity index (χ2n) is 6.19. The van der Waals surface area contributed by atoms with E-state index in [1.807, 2.05) is 11.4 Å². The SMILES string of the molecule is O=C(C[NH+](Cc1cccs1)C[C@@H]1CCCO1)Nc1ccc(Cl)cc1F. The van der Waals surface area contributed by atoms with Crippen molar-refractivity contribution in [2.45, 2.75) is 25.5 Å². The molecule has 1 aromatic heterocycles. The van der Waals surface area contributed by atoms with Crippen molar-refractivity contribution in [3.63, 3.8) is 0 Å². The summed E-state index contributed by atoms with van der Waals surface area (Å²) in [5, 5.41) is 4.98. The molecule has 4 nitrogen and oxygen atoms in total. The number of hydrogen-bond donors (Lipinski definition) is 2. The first-order chi connectivity index (χ1) is 12.1. The van der Waals surface area contributed by atoms with Crippen LogP contribution in [0.1, 0.15) is 17.7 Å². The predicted octanol–water partition coefficient (Wildman–Crippen LogP) is 2.74. The number of benzene rings is 1. The highest BCUT2D eigenvalue weighted by Crippen LogP contribution is 2.18. The third-order valence-electron chi connectivity index (χ3n) is 4.16. The van der Waals surface area contributed by atoms with Crippen LogP contribution < -0.4 is 10.2 Å². The van der Waals surface area contributed by atoms with Gasteiger partial charge in [0.05, 0.1) is 10.6 Å². The summed E-state index contributed by atoms with van der Waals surface area (Å²) in [5.74, 6) is -0.745. The molecule has 0 radical (unpaired) electrons. The Morgan fingerprint density at radius 3 is 3.00 bits per heavy atom. The number of thiophene rings is 1. The maximum Gasteiger partial charge on any atom is 0.279 e. The van der Waals surface area contributed by atoms with E-state index in [1.54, 1.807) is 17.4 Å². The second kappa shape index (κ2) is 8.76. The minimum atomic E-state index is -0.528. The highest BCUT2D eigenvalue weighted by molar-refractivity contribution is 7.09. The monoisotopic (exact) mass is 383 g/mol. The summed E-state index contributed by atoms with van der Waals surface area (Å²) in [6.07, 6.45) is 2.29. The van der Waals surface area contributed by atoms with E-state index in [9.17, 15) is 9.18 Å². The van der Waals surface area contributed by atoms with Crippen LogP contribution in [0.15, 0.2) is 35.7 Å². The van der Waals surface area contributed by atoms with Crippen LogP contribution in [0.4, 0.5) is 10.1 Å². The van der Waals surface area contributed by atoms with Crippen molar-refractivity contribution in [1.82, 2.24) is 0 Å². The normalized spacial score (nSPS) is 18.2. The Morgan fingerprint density at radius 2 is 2.32 bits per heavy atom. The van der Waals surface area contributed by atoms with Crippen LogP contribution in [-0.2, 0) is 16.1 Å². The number of nitrogens with one attached hydrogen (secondary N) is 2. The molecule has 0 saturated carbocycles. The molecule has 1 aromatic carbocycles. The molecule has 2 aromatic rings. The Balaban J connectivity index is 1.62. The molecule has 1 saturated heterocycles. The number of quaternary nitrogens is 1. The first kappa shape index (κ1) is 18.3. The van der Waals surface area contributed by atoms with E-state index in [4.69, 9.17) is 16.3 Å². The minimum absolute atomic E-state index is 0.155. The van der Waals surface area contributed by atoms with Gasteiger partial charge in [-0.3, -0.25) is 4.79 Å². The molecule has 3 rings (SSSR count). The van der Waals surface area contributed by atoms with E-state index in [2.05, 4.69) is 11.4 Å². The molecule has 25 heavy (non-hydrogen) atoms. The molecular formula is C18H21ClFN2O2S+. The molecule has 2 N–H and O–H groups in total. The van der Waals surface area contributed by atoms with Gasteiger partial charge in [0.15, 0.2) is 6.54 Å². The largest absolute Gasteiger partial charge is 0.372 e. The van der Waals surface area contributed by atoms with E-state index >= 15 is 0 Å². The summed E-state index contributed by atoms with van der Waals surface area (Å²) in [6.45, 7) is 2.58. The van der Waals surface area contributed by atoms with Crippen molar-refractivity contribution in [2.75, 3.05) is 25.0 Å². The van der Waals surface area contributed by atoms with Gasteiger partial charge in [-0.05, 0) is 42.5 Å². The zero-order chi connectivity index (χ0) is 17.6. The van der Waals surface area contributed by atoms with Crippen LogP contribution in [0.2, 0.25) is 5.02 Å². The number of rotatable bonds is 7. The smallest absolute Gasteiger partial charge is 0.279 e. The summed E-state index contributed by atoms with van der Waals surface area (Å²) in [6, 6.07) is 8.31. The fraction of sp³-hybridized carbons (Fsp3) is 0.389. The highest BCUT2D eigenvalue weighted by Gasteiger charge is 2.24. The Hall–Kier alpha value is -1.47. The Labute approximate surface area is 155 Å². The molecule has 134 valence electrons. The molecule has 0 aliphatic carbocycles. The van der Waals surface area contributed by atoms with Crippen molar-refractivity contribution in [3.05, 3.63) is 51.4 Å². The Bertz CT molecular complexity index is 705. The minimum Gasteiger partial charge on any atom is -0.372 e. The molecule has 0 bridgehead atoms. The Kier molecular flexibility index (Phi) is 6.42. The zero-order valence-corrected chi connectivity index (χ0v) is 15.3. The van der Waals surface area contributed by atoms with Crippen LogP contribution in [-0.4, -0.2) is 31.7 Å². The van der Waals surface area contributed by atoms with Gasteiger partial charge in [0.25, 0.3) is 5.91 Å². The van der Waals surface area contributed by atoms with Crippen LogP contribution >= 0.6 is 22.9 Å². The molecular weight excluding hydrogens is 363 g/mol. The van der Waals surface area contributed by atoms with Crippen molar-refractivity contribution in [1.29, 1.82) is 0 Å². The number of carbonyl (C=O) groups excluding carboxylic acids is 1. The standard InChI is InChI=1S/C18H20ClFN2O2S/c19-13-5-6-17(16(20)9-13)21-18(23)12-22(10-14-3-1-7-24-14)11-15-4-2-8-25-15/h2,4-6,8-9,14H,1,3,7,10-12H2,(H,21,23)/p+1/t14-/m0/s1. The fourth-order valence-electron chi connectivity index (χ4n) is 3.01. The van der Waals surface area contributed by atoms with Gasteiger partial charge in [-0.25, -0.2) is 4.39 Å². The van der Waals surface area contributed by atoms with Gasteiger partial charge in [-0.2, -0.15) is 0 Å². The summed E-state index contributed by atoms with van der Waals surface area (Å²) in [4.78, 5) is 14.7. The van der Waals surface area contributed by atoms with E-state index in [1.165, 1.54) is 17.0 Å². The lowest BCUT2D eigenvalue weighted by atomic mass is 10.2. The number of carbonyl (C=O) groups is 1. The number of ether oxygens (including phenoxy) is 1. The molecule has 2 atom stereocenters. The van der Waals surface area contributed by atoms with E-state index in [0.717, 1.165) is 37.4 Å². The molecule has 1 aliphatic heterocycles. The topological polar surface area (TPSA) is 42.8 Å². The van der Waals surface area contributed by atoms with E-state index in [-0.39, 0.29) is 24.2 Å². The summed E-state index contributed by atoms with van der Waals surface area (Å²) in [7, 11) is 0. The van der Waals surface area contributed by atoms with Crippen LogP contribution in [0.25, 0.3) is 0 Å². The molecule has 7 heteroatoms. The fourth-order valence-corrected chi connectivity index (χ4v) is 3.94. The van der Waals surface area contributed by atoms with Crippen molar-refractivity contribution < 1.29 is 18.8 Å². The second-order valence-corrected chi connectivity index (χ2v) is 7.66. The van der Waals surface area contributed by atoms with Crippen molar-refractivity contribution in [3.8, 4) is 0 Å². The first-order valence-corrected chi connectivity index (χ1v) is 9.58.